The number of aliphatic carboxylic acids is 1. The van der Waals surface area contributed by atoms with Crippen molar-refractivity contribution >= 4 is 17.7 Å². The molecule has 1 atom stereocenters. The molecule has 20 heavy (non-hydrogen) atoms. The van der Waals surface area contributed by atoms with E-state index in [1.807, 2.05) is 44.2 Å². The Morgan fingerprint density at radius 1 is 1.20 bits per heavy atom. The van der Waals surface area contributed by atoms with E-state index in [4.69, 9.17) is 9.47 Å². The van der Waals surface area contributed by atoms with Gasteiger partial charge in [0, 0.05) is 19.0 Å². The van der Waals surface area contributed by atoms with Crippen LogP contribution in [0.1, 0.15) is 19.4 Å². The van der Waals surface area contributed by atoms with Crippen LogP contribution < -0.4 is 0 Å². The second kappa shape index (κ2) is 9.80. The molecule has 0 bridgehead atoms. The molecule has 0 aliphatic heterocycles. The lowest BCUT2D eigenvalue weighted by molar-refractivity contribution is -0.136. The van der Waals surface area contributed by atoms with Crippen LogP contribution in [0.25, 0.3) is 0 Å². The van der Waals surface area contributed by atoms with Crippen molar-refractivity contribution in [2.24, 2.45) is 0 Å². The van der Waals surface area contributed by atoms with Gasteiger partial charge < -0.3 is 14.6 Å². The van der Waals surface area contributed by atoms with Crippen LogP contribution in [0, 0.1) is 0 Å². The zero-order valence-electron chi connectivity index (χ0n) is 12.0. The van der Waals surface area contributed by atoms with Gasteiger partial charge in [-0.3, -0.25) is 4.79 Å². The van der Waals surface area contributed by atoms with Crippen molar-refractivity contribution in [2.75, 3.05) is 19.0 Å². The lowest BCUT2D eigenvalue weighted by Crippen LogP contribution is -2.25. The highest BCUT2D eigenvalue weighted by Crippen LogP contribution is 2.19. The smallest absolute Gasteiger partial charge is 0.316 e. The van der Waals surface area contributed by atoms with Gasteiger partial charge in [-0.15, -0.1) is 11.8 Å². The van der Waals surface area contributed by atoms with E-state index >= 15 is 0 Å². The van der Waals surface area contributed by atoms with E-state index < -0.39 is 11.2 Å². The van der Waals surface area contributed by atoms with Gasteiger partial charge in [-0.25, -0.2) is 0 Å². The Morgan fingerprint density at radius 2 is 1.80 bits per heavy atom. The monoisotopic (exact) mass is 298 g/mol. The molecular formula is C15H22O4S. The van der Waals surface area contributed by atoms with Crippen molar-refractivity contribution in [3.63, 3.8) is 0 Å². The summed E-state index contributed by atoms with van der Waals surface area (Å²) in [5.74, 6) is -0.281. The number of hydrogen-bond acceptors (Lipinski definition) is 4. The summed E-state index contributed by atoms with van der Waals surface area (Å²) in [5, 5.41) is 8.82. The Hall–Kier alpha value is -1.04. The second-order valence-corrected chi connectivity index (χ2v) is 5.43. The molecule has 5 heteroatoms. The van der Waals surface area contributed by atoms with Crippen molar-refractivity contribution < 1.29 is 19.4 Å². The van der Waals surface area contributed by atoms with Gasteiger partial charge in [-0.05, 0) is 25.8 Å². The van der Waals surface area contributed by atoms with Crippen molar-refractivity contribution in [1.82, 2.24) is 0 Å². The molecule has 0 saturated carbocycles. The Morgan fingerprint density at radius 3 is 2.30 bits per heavy atom. The molecule has 1 aromatic carbocycles. The first-order chi connectivity index (χ1) is 9.67. The summed E-state index contributed by atoms with van der Waals surface area (Å²) in [4.78, 5) is 11.3. The van der Waals surface area contributed by atoms with E-state index in [-0.39, 0.29) is 6.29 Å². The largest absolute Gasteiger partial charge is 0.480 e. The van der Waals surface area contributed by atoms with Gasteiger partial charge in [0.1, 0.15) is 5.25 Å². The molecule has 0 aliphatic rings. The number of benzene rings is 1. The highest BCUT2D eigenvalue weighted by Gasteiger charge is 2.21. The van der Waals surface area contributed by atoms with Crippen LogP contribution in [0.2, 0.25) is 0 Å². The first-order valence-corrected chi connectivity index (χ1v) is 7.83. The van der Waals surface area contributed by atoms with Gasteiger partial charge >= 0.3 is 5.97 Å². The molecule has 0 aliphatic carbocycles. The summed E-state index contributed by atoms with van der Waals surface area (Å²) >= 11 is 1.36. The molecule has 1 N–H and O–H groups in total. The lowest BCUT2D eigenvalue weighted by atomic mass is 10.1. The number of carbonyl (C=O) groups is 1. The van der Waals surface area contributed by atoms with E-state index in [9.17, 15) is 9.90 Å². The topological polar surface area (TPSA) is 55.8 Å². The minimum Gasteiger partial charge on any atom is -0.480 e. The summed E-state index contributed by atoms with van der Waals surface area (Å²) in [5.41, 5.74) is 1.02. The minimum absolute atomic E-state index is 0.340. The number of carboxylic acids is 1. The SMILES string of the molecule is CCOC(CSC(Cc1ccccc1)C(=O)O)OCC. The molecule has 0 fully saturated rings. The highest BCUT2D eigenvalue weighted by molar-refractivity contribution is 8.00. The molecule has 0 saturated heterocycles. The number of carboxylic acid groups (broad SMARTS) is 1. The average Bonchev–Trinajstić information content (AvgIpc) is 2.44. The third kappa shape index (κ3) is 6.41. The standard InChI is InChI=1S/C15H22O4S/c1-3-18-14(19-4-2)11-20-13(15(16)17)10-12-8-6-5-7-9-12/h5-9,13-14H,3-4,10-11H2,1-2H3,(H,16,17). The van der Waals surface area contributed by atoms with Gasteiger partial charge in [-0.1, -0.05) is 30.3 Å². The van der Waals surface area contributed by atoms with Gasteiger partial charge in [0.2, 0.25) is 0 Å². The second-order valence-electron chi connectivity index (χ2n) is 4.19. The number of ether oxygens (including phenoxy) is 2. The lowest BCUT2D eigenvalue weighted by Gasteiger charge is -2.19. The van der Waals surface area contributed by atoms with Crippen molar-refractivity contribution in [1.29, 1.82) is 0 Å². The third-order valence-electron chi connectivity index (χ3n) is 2.68. The normalized spacial score (nSPS) is 12.6. The van der Waals surface area contributed by atoms with Crippen molar-refractivity contribution in [3.8, 4) is 0 Å². The number of thioether (sulfide) groups is 1. The van der Waals surface area contributed by atoms with Crippen LogP contribution in [0.5, 0.6) is 0 Å². The number of rotatable bonds is 10. The summed E-state index contributed by atoms with van der Waals surface area (Å²) in [6.07, 6.45) is 0.166. The van der Waals surface area contributed by atoms with E-state index in [0.717, 1.165) is 5.56 Å². The molecule has 0 aromatic heterocycles. The molecule has 4 nitrogen and oxygen atoms in total. The quantitative estimate of drug-likeness (QED) is 0.673. The van der Waals surface area contributed by atoms with E-state index in [1.165, 1.54) is 11.8 Å². The summed E-state index contributed by atoms with van der Waals surface area (Å²) in [6, 6.07) is 9.65. The summed E-state index contributed by atoms with van der Waals surface area (Å²) in [6.45, 7) is 4.91. The summed E-state index contributed by atoms with van der Waals surface area (Å²) < 4.78 is 10.9. The van der Waals surface area contributed by atoms with Gasteiger partial charge in [-0.2, -0.15) is 0 Å². The average molecular weight is 298 g/mol. The van der Waals surface area contributed by atoms with Crippen LogP contribution >= 0.6 is 11.8 Å². The Bertz CT molecular complexity index is 377. The van der Waals surface area contributed by atoms with Crippen LogP contribution in [0.4, 0.5) is 0 Å². The maximum atomic E-state index is 11.3. The fraction of sp³-hybridized carbons (Fsp3) is 0.533. The van der Waals surface area contributed by atoms with E-state index in [1.54, 1.807) is 0 Å². The maximum absolute atomic E-state index is 11.3. The third-order valence-corrected chi connectivity index (χ3v) is 3.91. The van der Waals surface area contributed by atoms with Gasteiger partial charge in [0.05, 0.1) is 0 Å². The molecule has 0 amide bonds. The van der Waals surface area contributed by atoms with Crippen LogP contribution in [-0.4, -0.2) is 41.6 Å². The van der Waals surface area contributed by atoms with Crippen molar-refractivity contribution in [2.45, 2.75) is 31.8 Å². The molecule has 112 valence electrons. The molecular weight excluding hydrogens is 276 g/mol. The summed E-state index contributed by atoms with van der Waals surface area (Å²) in [7, 11) is 0. The predicted molar refractivity (Wildman–Crippen MR) is 81.1 cm³/mol. The first-order valence-electron chi connectivity index (χ1n) is 6.78. The van der Waals surface area contributed by atoms with Crippen LogP contribution in [0.15, 0.2) is 30.3 Å². The highest BCUT2D eigenvalue weighted by atomic mass is 32.2. The number of hydrogen-bond donors (Lipinski definition) is 1. The molecule has 1 unspecified atom stereocenters. The maximum Gasteiger partial charge on any atom is 0.316 e. The zero-order chi connectivity index (χ0) is 14.8. The van der Waals surface area contributed by atoms with Gasteiger partial charge in [0.25, 0.3) is 0 Å². The predicted octanol–water partition coefficient (Wildman–Crippen LogP) is 2.81. The Balaban J connectivity index is 2.52. The first kappa shape index (κ1) is 17.0. The minimum atomic E-state index is -0.800. The van der Waals surface area contributed by atoms with Gasteiger partial charge in [0.15, 0.2) is 6.29 Å². The zero-order valence-corrected chi connectivity index (χ0v) is 12.8. The van der Waals surface area contributed by atoms with E-state index in [0.29, 0.717) is 25.4 Å². The fourth-order valence-electron chi connectivity index (χ4n) is 1.76. The van der Waals surface area contributed by atoms with Crippen LogP contribution in [-0.2, 0) is 20.7 Å². The molecule has 0 radical (unpaired) electrons. The Labute approximate surface area is 124 Å². The van der Waals surface area contributed by atoms with E-state index in [2.05, 4.69) is 0 Å². The Kier molecular flexibility index (Phi) is 8.34. The molecule has 1 aromatic rings. The molecule has 0 spiro atoms. The van der Waals surface area contributed by atoms with Crippen molar-refractivity contribution in [3.05, 3.63) is 35.9 Å². The fourth-order valence-corrected chi connectivity index (χ4v) is 2.79. The van der Waals surface area contributed by atoms with Crippen LogP contribution in [0.3, 0.4) is 0 Å². The molecule has 1 rings (SSSR count). The molecule has 0 heterocycles.